The van der Waals surface area contributed by atoms with Crippen LogP contribution in [0.4, 0.5) is 11.4 Å². The summed E-state index contributed by atoms with van der Waals surface area (Å²) < 4.78 is 5.60. The van der Waals surface area contributed by atoms with E-state index in [-0.39, 0.29) is 0 Å². The number of nitrogens with two attached hydrogens (primary N) is 1. The van der Waals surface area contributed by atoms with Crippen LogP contribution < -0.4 is 10.6 Å². The molecule has 1 aromatic carbocycles. The van der Waals surface area contributed by atoms with Crippen LogP contribution in [0.5, 0.6) is 0 Å². The van der Waals surface area contributed by atoms with Crippen molar-refractivity contribution < 1.29 is 4.74 Å². The summed E-state index contributed by atoms with van der Waals surface area (Å²) in [6.07, 6.45) is 0.327. The molecule has 0 spiro atoms. The fourth-order valence-electron chi connectivity index (χ4n) is 2.37. The highest BCUT2D eigenvalue weighted by molar-refractivity contribution is 5.56. The Morgan fingerprint density at radius 1 is 1.21 bits per heavy atom. The SMILES string of the molecule is CC(C)OCCN1CCN(c2cccc(N)c2)CC1. The maximum atomic E-state index is 5.83. The van der Waals surface area contributed by atoms with E-state index in [9.17, 15) is 0 Å². The lowest BCUT2D eigenvalue weighted by atomic mass is 10.2. The Balaban J connectivity index is 1.76. The topological polar surface area (TPSA) is 41.7 Å². The Labute approximate surface area is 116 Å². The highest BCUT2D eigenvalue weighted by Crippen LogP contribution is 2.18. The monoisotopic (exact) mass is 263 g/mol. The summed E-state index contributed by atoms with van der Waals surface area (Å²) in [5.74, 6) is 0. The second-order valence-corrected chi connectivity index (χ2v) is 5.34. The number of rotatable bonds is 5. The van der Waals surface area contributed by atoms with Crippen molar-refractivity contribution in [2.75, 3.05) is 50.0 Å². The van der Waals surface area contributed by atoms with Crippen LogP contribution >= 0.6 is 0 Å². The Morgan fingerprint density at radius 3 is 2.58 bits per heavy atom. The zero-order valence-electron chi connectivity index (χ0n) is 12.0. The summed E-state index contributed by atoms with van der Waals surface area (Å²) in [5, 5.41) is 0. The number of nitrogen functional groups attached to an aromatic ring is 1. The number of piperazine rings is 1. The number of anilines is 2. The lowest BCUT2D eigenvalue weighted by Crippen LogP contribution is -2.47. The molecule has 0 aromatic heterocycles. The number of ether oxygens (including phenoxy) is 1. The van der Waals surface area contributed by atoms with Crippen LogP contribution in [-0.4, -0.2) is 50.3 Å². The van der Waals surface area contributed by atoms with Crippen LogP contribution in [0.15, 0.2) is 24.3 Å². The minimum Gasteiger partial charge on any atom is -0.399 e. The van der Waals surface area contributed by atoms with E-state index in [0.717, 1.165) is 45.0 Å². The number of benzene rings is 1. The van der Waals surface area contributed by atoms with Crippen molar-refractivity contribution >= 4 is 11.4 Å². The van der Waals surface area contributed by atoms with Crippen LogP contribution in [-0.2, 0) is 4.74 Å². The molecule has 0 radical (unpaired) electrons. The fourth-order valence-corrected chi connectivity index (χ4v) is 2.37. The molecule has 1 aliphatic rings. The average molecular weight is 263 g/mol. The number of nitrogens with zero attached hydrogens (tertiary/aromatic N) is 2. The molecular formula is C15H25N3O. The standard InChI is InChI=1S/C15H25N3O/c1-13(2)19-11-10-17-6-8-18(9-7-17)15-5-3-4-14(16)12-15/h3-5,12-13H,6-11,16H2,1-2H3. The average Bonchev–Trinajstić information content (AvgIpc) is 2.39. The van der Waals surface area contributed by atoms with Crippen molar-refractivity contribution in [1.82, 2.24) is 4.90 Å². The van der Waals surface area contributed by atoms with E-state index in [2.05, 4.69) is 35.8 Å². The zero-order valence-corrected chi connectivity index (χ0v) is 12.0. The summed E-state index contributed by atoms with van der Waals surface area (Å²) in [6.45, 7) is 10.3. The van der Waals surface area contributed by atoms with Gasteiger partial charge in [-0.1, -0.05) is 6.07 Å². The van der Waals surface area contributed by atoms with Gasteiger partial charge in [0.15, 0.2) is 0 Å². The van der Waals surface area contributed by atoms with E-state index in [0.29, 0.717) is 6.10 Å². The van der Waals surface area contributed by atoms with Gasteiger partial charge in [0, 0.05) is 44.1 Å². The van der Waals surface area contributed by atoms with E-state index in [1.165, 1.54) is 5.69 Å². The van der Waals surface area contributed by atoms with E-state index in [1.807, 2.05) is 12.1 Å². The summed E-state index contributed by atoms with van der Waals surface area (Å²) in [6, 6.07) is 8.14. The van der Waals surface area contributed by atoms with Crippen LogP contribution in [0.1, 0.15) is 13.8 Å². The molecule has 2 rings (SSSR count). The maximum Gasteiger partial charge on any atom is 0.0596 e. The minimum absolute atomic E-state index is 0.327. The summed E-state index contributed by atoms with van der Waals surface area (Å²) >= 11 is 0. The molecule has 1 aromatic rings. The Kier molecular flexibility index (Phi) is 5.05. The number of hydrogen-bond acceptors (Lipinski definition) is 4. The lowest BCUT2D eigenvalue weighted by Gasteiger charge is -2.36. The first kappa shape index (κ1) is 14.2. The van der Waals surface area contributed by atoms with Crippen LogP contribution in [0, 0.1) is 0 Å². The number of hydrogen-bond donors (Lipinski definition) is 1. The smallest absolute Gasteiger partial charge is 0.0596 e. The van der Waals surface area contributed by atoms with E-state index < -0.39 is 0 Å². The molecule has 1 heterocycles. The van der Waals surface area contributed by atoms with Crippen molar-refractivity contribution in [3.8, 4) is 0 Å². The Bertz CT molecular complexity index is 387. The van der Waals surface area contributed by atoms with E-state index >= 15 is 0 Å². The Hall–Kier alpha value is -1.26. The van der Waals surface area contributed by atoms with Gasteiger partial charge in [-0.15, -0.1) is 0 Å². The third-order valence-corrected chi connectivity index (χ3v) is 3.47. The molecule has 1 fully saturated rings. The largest absolute Gasteiger partial charge is 0.399 e. The van der Waals surface area contributed by atoms with Gasteiger partial charge in [0.1, 0.15) is 0 Å². The molecule has 1 aliphatic heterocycles. The van der Waals surface area contributed by atoms with Crippen LogP contribution in [0.2, 0.25) is 0 Å². The second-order valence-electron chi connectivity index (χ2n) is 5.34. The molecule has 4 nitrogen and oxygen atoms in total. The third kappa shape index (κ3) is 4.40. The lowest BCUT2D eigenvalue weighted by molar-refractivity contribution is 0.0579. The highest BCUT2D eigenvalue weighted by atomic mass is 16.5. The van der Waals surface area contributed by atoms with Crippen molar-refractivity contribution in [2.24, 2.45) is 0 Å². The van der Waals surface area contributed by atoms with Crippen molar-refractivity contribution in [2.45, 2.75) is 20.0 Å². The van der Waals surface area contributed by atoms with Crippen LogP contribution in [0.25, 0.3) is 0 Å². The predicted molar refractivity (Wildman–Crippen MR) is 80.6 cm³/mol. The minimum atomic E-state index is 0.327. The molecule has 0 saturated carbocycles. The van der Waals surface area contributed by atoms with Crippen molar-refractivity contribution in [3.05, 3.63) is 24.3 Å². The molecule has 2 N–H and O–H groups in total. The normalized spacial score (nSPS) is 17.1. The first-order valence-corrected chi connectivity index (χ1v) is 7.09. The van der Waals surface area contributed by atoms with Crippen molar-refractivity contribution in [3.63, 3.8) is 0 Å². The molecular weight excluding hydrogens is 238 g/mol. The zero-order chi connectivity index (χ0) is 13.7. The fraction of sp³-hybridized carbons (Fsp3) is 0.600. The molecule has 0 unspecified atom stereocenters. The molecule has 1 saturated heterocycles. The van der Waals surface area contributed by atoms with Gasteiger partial charge in [0.2, 0.25) is 0 Å². The van der Waals surface area contributed by atoms with E-state index in [1.54, 1.807) is 0 Å². The van der Waals surface area contributed by atoms with Gasteiger partial charge in [-0.05, 0) is 32.0 Å². The predicted octanol–water partition coefficient (Wildman–Crippen LogP) is 1.82. The van der Waals surface area contributed by atoms with Crippen LogP contribution in [0.3, 0.4) is 0 Å². The van der Waals surface area contributed by atoms with Crippen molar-refractivity contribution in [1.29, 1.82) is 0 Å². The Morgan fingerprint density at radius 2 is 1.95 bits per heavy atom. The highest BCUT2D eigenvalue weighted by Gasteiger charge is 2.16. The van der Waals surface area contributed by atoms with E-state index in [4.69, 9.17) is 10.5 Å². The molecule has 4 heteroatoms. The summed E-state index contributed by atoms with van der Waals surface area (Å²) in [4.78, 5) is 4.86. The van der Waals surface area contributed by atoms with Gasteiger partial charge < -0.3 is 15.4 Å². The molecule has 0 atom stereocenters. The first-order chi connectivity index (χ1) is 9.15. The molecule has 0 aliphatic carbocycles. The maximum absolute atomic E-state index is 5.83. The summed E-state index contributed by atoms with van der Waals surface area (Å²) in [5.41, 5.74) is 7.91. The summed E-state index contributed by atoms with van der Waals surface area (Å²) in [7, 11) is 0. The quantitative estimate of drug-likeness (QED) is 0.823. The van der Waals surface area contributed by atoms with Gasteiger partial charge in [0.25, 0.3) is 0 Å². The van der Waals surface area contributed by atoms with Gasteiger partial charge in [-0.2, -0.15) is 0 Å². The van der Waals surface area contributed by atoms with Gasteiger partial charge in [0.05, 0.1) is 12.7 Å². The van der Waals surface area contributed by atoms with Gasteiger partial charge in [-0.3, -0.25) is 4.90 Å². The third-order valence-electron chi connectivity index (χ3n) is 3.47. The molecule has 0 bridgehead atoms. The second kappa shape index (κ2) is 6.78. The molecule has 0 amide bonds. The van der Waals surface area contributed by atoms with Gasteiger partial charge in [-0.25, -0.2) is 0 Å². The van der Waals surface area contributed by atoms with Gasteiger partial charge >= 0.3 is 0 Å². The molecule has 19 heavy (non-hydrogen) atoms. The molecule has 106 valence electrons. The first-order valence-electron chi connectivity index (χ1n) is 7.09.